The van der Waals surface area contributed by atoms with Crippen LogP contribution < -0.4 is 10.6 Å². The molecule has 1 aliphatic rings. The molecule has 0 bridgehead atoms. The lowest BCUT2D eigenvalue weighted by atomic mass is 10.2. The topological polar surface area (TPSA) is 102 Å². The summed E-state index contributed by atoms with van der Waals surface area (Å²) in [5.74, 6) is -0.595. The van der Waals surface area contributed by atoms with Crippen LogP contribution in [0.5, 0.6) is 0 Å². The number of nitrogens with two attached hydrogens (primary N) is 1. The van der Waals surface area contributed by atoms with Gasteiger partial charge in [0.25, 0.3) is 0 Å². The molecule has 0 atom stereocenters. The number of anilines is 2. The SMILES string of the molecule is Nc1cc(C(=O)O)c(N2CCOCC2)nn1. The van der Waals surface area contributed by atoms with Gasteiger partial charge in [-0.15, -0.1) is 10.2 Å². The Morgan fingerprint density at radius 2 is 2.12 bits per heavy atom. The van der Waals surface area contributed by atoms with Gasteiger partial charge in [-0.25, -0.2) is 4.79 Å². The number of ether oxygens (including phenoxy) is 1. The van der Waals surface area contributed by atoms with Crippen LogP contribution in [-0.4, -0.2) is 47.6 Å². The minimum absolute atomic E-state index is 0.0781. The first kappa shape index (κ1) is 10.6. The summed E-state index contributed by atoms with van der Waals surface area (Å²) in [5, 5.41) is 16.6. The van der Waals surface area contributed by atoms with Gasteiger partial charge < -0.3 is 20.5 Å². The zero-order valence-corrected chi connectivity index (χ0v) is 8.59. The van der Waals surface area contributed by atoms with Crippen LogP contribution >= 0.6 is 0 Å². The van der Waals surface area contributed by atoms with Crippen LogP contribution in [0.3, 0.4) is 0 Å². The molecule has 7 nitrogen and oxygen atoms in total. The number of hydrogen-bond acceptors (Lipinski definition) is 6. The van der Waals surface area contributed by atoms with Gasteiger partial charge in [0.1, 0.15) is 11.4 Å². The number of hydrogen-bond donors (Lipinski definition) is 2. The molecule has 0 spiro atoms. The third-order valence-electron chi connectivity index (χ3n) is 2.33. The molecule has 16 heavy (non-hydrogen) atoms. The van der Waals surface area contributed by atoms with Crippen molar-refractivity contribution in [1.29, 1.82) is 0 Å². The van der Waals surface area contributed by atoms with Crippen LogP contribution in [0.4, 0.5) is 11.6 Å². The Bertz CT molecular complexity index is 404. The summed E-state index contributed by atoms with van der Waals surface area (Å²) in [6.07, 6.45) is 0. The standard InChI is InChI=1S/C9H12N4O3/c10-7-5-6(9(14)15)8(12-11-7)13-1-3-16-4-2-13/h5H,1-4H2,(H2,10,11)(H,14,15). The molecule has 1 aromatic heterocycles. The first-order chi connectivity index (χ1) is 7.68. The lowest BCUT2D eigenvalue weighted by Gasteiger charge is -2.28. The molecule has 2 rings (SSSR count). The molecule has 0 radical (unpaired) electrons. The minimum Gasteiger partial charge on any atom is -0.478 e. The number of aromatic nitrogens is 2. The summed E-state index contributed by atoms with van der Waals surface area (Å²) in [4.78, 5) is 12.9. The zero-order valence-electron chi connectivity index (χ0n) is 8.59. The Morgan fingerprint density at radius 3 is 2.75 bits per heavy atom. The number of carboxylic acids is 1. The van der Waals surface area contributed by atoms with Crippen molar-refractivity contribution >= 4 is 17.6 Å². The molecule has 1 aromatic rings. The third-order valence-corrected chi connectivity index (χ3v) is 2.33. The number of carbonyl (C=O) groups is 1. The van der Waals surface area contributed by atoms with Crippen LogP contribution in [0.1, 0.15) is 10.4 Å². The van der Waals surface area contributed by atoms with Crippen LogP contribution in [0, 0.1) is 0 Å². The summed E-state index contributed by atoms with van der Waals surface area (Å²) in [6.45, 7) is 2.34. The van der Waals surface area contributed by atoms with Crippen molar-refractivity contribution in [2.24, 2.45) is 0 Å². The molecule has 3 N–H and O–H groups in total. The van der Waals surface area contributed by atoms with E-state index in [1.165, 1.54) is 6.07 Å². The Morgan fingerprint density at radius 1 is 1.44 bits per heavy atom. The van der Waals surface area contributed by atoms with Crippen LogP contribution in [0.15, 0.2) is 6.07 Å². The number of nitrogens with zero attached hydrogens (tertiary/aromatic N) is 3. The molecular weight excluding hydrogens is 212 g/mol. The maximum Gasteiger partial charge on any atom is 0.339 e. The van der Waals surface area contributed by atoms with E-state index in [2.05, 4.69) is 10.2 Å². The summed E-state index contributed by atoms with van der Waals surface area (Å²) < 4.78 is 5.18. The molecule has 0 amide bonds. The fourth-order valence-corrected chi connectivity index (χ4v) is 1.57. The predicted octanol–water partition coefficient (Wildman–Crippen LogP) is -0.406. The maximum atomic E-state index is 11.0. The van der Waals surface area contributed by atoms with E-state index in [4.69, 9.17) is 15.6 Å². The number of carboxylic acid groups (broad SMARTS) is 1. The highest BCUT2D eigenvalue weighted by molar-refractivity contribution is 5.93. The van der Waals surface area contributed by atoms with Crippen molar-refractivity contribution in [2.45, 2.75) is 0 Å². The van der Waals surface area contributed by atoms with E-state index < -0.39 is 5.97 Å². The summed E-state index contributed by atoms with van der Waals surface area (Å²) in [5.41, 5.74) is 5.49. The van der Waals surface area contributed by atoms with Gasteiger partial charge in [0.05, 0.1) is 13.2 Å². The molecule has 2 heterocycles. The molecule has 86 valence electrons. The fourth-order valence-electron chi connectivity index (χ4n) is 1.57. The molecule has 1 saturated heterocycles. The summed E-state index contributed by atoms with van der Waals surface area (Å²) in [6, 6.07) is 1.32. The van der Waals surface area contributed by atoms with Crippen LogP contribution in [0.25, 0.3) is 0 Å². The van der Waals surface area contributed by atoms with Gasteiger partial charge in [-0.3, -0.25) is 0 Å². The Hall–Kier alpha value is -1.89. The van der Waals surface area contributed by atoms with Gasteiger partial charge in [-0.1, -0.05) is 0 Å². The Balaban J connectivity index is 2.34. The molecule has 0 aliphatic carbocycles. The second kappa shape index (κ2) is 4.31. The average Bonchev–Trinajstić information content (AvgIpc) is 2.30. The van der Waals surface area contributed by atoms with Gasteiger partial charge in [0.15, 0.2) is 5.82 Å². The molecule has 0 saturated carbocycles. The van der Waals surface area contributed by atoms with E-state index >= 15 is 0 Å². The second-order valence-corrected chi connectivity index (χ2v) is 3.41. The van der Waals surface area contributed by atoms with E-state index in [1.54, 1.807) is 0 Å². The molecule has 7 heteroatoms. The number of aromatic carboxylic acids is 1. The molecule has 1 fully saturated rings. The van der Waals surface area contributed by atoms with E-state index in [0.29, 0.717) is 32.1 Å². The third kappa shape index (κ3) is 2.03. The monoisotopic (exact) mass is 224 g/mol. The lowest BCUT2D eigenvalue weighted by Crippen LogP contribution is -2.38. The van der Waals surface area contributed by atoms with Gasteiger partial charge in [0, 0.05) is 19.2 Å². The first-order valence-corrected chi connectivity index (χ1v) is 4.87. The van der Waals surface area contributed by atoms with Crippen molar-refractivity contribution in [3.05, 3.63) is 11.6 Å². The van der Waals surface area contributed by atoms with E-state index in [0.717, 1.165) is 0 Å². The summed E-state index contributed by atoms with van der Waals surface area (Å²) in [7, 11) is 0. The maximum absolute atomic E-state index is 11.0. The van der Waals surface area contributed by atoms with E-state index in [-0.39, 0.29) is 11.4 Å². The number of nitrogen functional groups attached to an aromatic ring is 1. The van der Waals surface area contributed by atoms with Gasteiger partial charge in [0.2, 0.25) is 0 Å². The van der Waals surface area contributed by atoms with Crippen molar-refractivity contribution in [3.63, 3.8) is 0 Å². The fraction of sp³-hybridized carbons (Fsp3) is 0.444. The summed E-state index contributed by atoms with van der Waals surface area (Å²) >= 11 is 0. The first-order valence-electron chi connectivity index (χ1n) is 4.87. The van der Waals surface area contributed by atoms with E-state index in [9.17, 15) is 4.79 Å². The number of rotatable bonds is 2. The Labute approximate surface area is 91.8 Å². The van der Waals surface area contributed by atoms with Crippen LogP contribution in [0.2, 0.25) is 0 Å². The predicted molar refractivity (Wildman–Crippen MR) is 56.4 cm³/mol. The van der Waals surface area contributed by atoms with E-state index in [1.807, 2.05) is 4.90 Å². The lowest BCUT2D eigenvalue weighted by molar-refractivity contribution is 0.0695. The zero-order chi connectivity index (χ0) is 11.5. The minimum atomic E-state index is -1.05. The Kier molecular flexibility index (Phi) is 2.86. The van der Waals surface area contributed by atoms with Crippen molar-refractivity contribution in [1.82, 2.24) is 10.2 Å². The number of morpholine rings is 1. The second-order valence-electron chi connectivity index (χ2n) is 3.41. The average molecular weight is 224 g/mol. The normalized spacial score (nSPS) is 16.1. The van der Waals surface area contributed by atoms with Gasteiger partial charge in [-0.2, -0.15) is 0 Å². The largest absolute Gasteiger partial charge is 0.478 e. The highest BCUT2D eigenvalue weighted by atomic mass is 16.5. The van der Waals surface area contributed by atoms with Gasteiger partial charge >= 0.3 is 5.97 Å². The van der Waals surface area contributed by atoms with Crippen LogP contribution in [-0.2, 0) is 4.74 Å². The highest BCUT2D eigenvalue weighted by Crippen LogP contribution is 2.19. The highest BCUT2D eigenvalue weighted by Gasteiger charge is 2.20. The van der Waals surface area contributed by atoms with Crippen molar-refractivity contribution < 1.29 is 14.6 Å². The van der Waals surface area contributed by atoms with Gasteiger partial charge in [-0.05, 0) is 0 Å². The molecule has 0 unspecified atom stereocenters. The molecule has 1 aliphatic heterocycles. The smallest absolute Gasteiger partial charge is 0.339 e. The molecule has 0 aromatic carbocycles. The van der Waals surface area contributed by atoms with Crippen molar-refractivity contribution in [3.8, 4) is 0 Å². The quantitative estimate of drug-likeness (QED) is 0.704. The molecular formula is C9H12N4O3. The van der Waals surface area contributed by atoms with Crippen molar-refractivity contribution in [2.75, 3.05) is 36.9 Å².